The number of rotatable bonds is 7. The van der Waals surface area contributed by atoms with Crippen LogP contribution in [0.4, 0.5) is 0 Å². The molecule has 0 amide bonds. The van der Waals surface area contributed by atoms with Gasteiger partial charge in [0.2, 0.25) is 10.0 Å². The van der Waals surface area contributed by atoms with Crippen LogP contribution in [-0.2, 0) is 23.0 Å². The number of hydrogen-bond donors (Lipinski definition) is 1. The first-order chi connectivity index (χ1) is 10.4. The lowest BCUT2D eigenvalue weighted by Crippen LogP contribution is -2.46. The lowest BCUT2D eigenvalue weighted by molar-refractivity contribution is 0.158. The molecule has 0 bridgehead atoms. The molecule has 0 aromatic heterocycles. The molecule has 1 aromatic carbocycles. The standard InChI is InChI=1S/C17H28N2O2S/c1-4-22(20,21)18-12-17(11-14(2)3)19-10-9-15-7-5-6-8-16(15)13-19/h5-8,14,17-18H,4,9-13H2,1-3H3. The van der Waals surface area contributed by atoms with E-state index in [1.807, 2.05) is 0 Å². The Labute approximate surface area is 135 Å². The van der Waals surface area contributed by atoms with Crippen molar-refractivity contribution >= 4 is 10.0 Å². The second kappa shape index (κ2) is 7.57. The molecule has 1 N–H and O–H groups in total. The first kappa shape index (κ1) is 17.4. The van der Waals surface area contributed by atoms with Crippen LogP contribution in [0.25, 0.3) is 0 Å². The van der Waals surface area contributed by atoms with Gasteiger partial charge in [-0.3, -0.25) is 4.90 Å². The van der Waals surface area contributed by atoms with Gasteiger partial charge in [-0.1, -0.05) is 38.1 Å². The predicted molar refractivity (Wildman–Crippen MR) is 91.3 cm³/mol. The van der Waals surface area contributed by atoms with Crippen molar-refractivity contribution in [2.24, 2.45) is 5.92 Å². The third-order valence-corrected chi connectivity index (χ3v) is 5.71. The van der Waals surface area contributed by atoms with Crippen molar-refractivity contribution in [3.05, 3.63) is 35.4 Å². The largest absolute Gasteiger partial charge is 0.294 e. The average molecular weight is 324 g/mol. The molecule has 1 aliphatic rings. The second-order valence-electron chi connectivity index (χ2n) is 6.52. The highest BCUT2D eigenvalue weighted by Crippen LogP contribution is 2.22. The van der Waals surface area contributed by atoms with Crippen molar-refractivity contribution in [2.45, 2.75) is 46.2 Å². The highest BCUT2D eigenvalue weighted by Gasteiger charge is 2.25. The van der Waals surface area contributed by atoms with Gasteiger partial charge in [0, 0.05) is 25.7 Å². The van der Waals surface area contributed by atoms with Crippen LogP contribution < -0.4 is 4.72 Å². The Morgan fingerprint density at radius 3 is 2.55 bits per heavy atom. The normalized spacial score (nSPS) is 17.5. The Bertz CT molecular complexity index is 584. The van der Waals surface area contributed by atoms with Gasteiger partial charge in [-0.15, -0.1) is 0 Å². The molecule has 5 heteroatoms. The van der Waals surface area contributed by atoms with E-state index in [-0.39, 0.29) is 11.8 Å². The Kier molecular flexibility index (Phi) is 6.01. The minimum Gasteiger partial charge on any atom is -0.294 e. The smallest absolute Gasteiger partial charge is 0.211 e. The van der Waals surface area contributed by atoms with Gasteiger partial charge in [0.25, 0.3) is 0 Å². The van der Waals surface area contributed by atoms with Crippen LogP contribution in [-0.4, -0.2) is 38.2 Å². The molecule has 1 unspecified atom stereocenters. The zero-order chi connectivity index (χ0) is 16.2. The summed E-state index contributed by atoms with van der Waals surface area (Å²) in [4.78, 5) is 2.43. The zero-order valence-corrected chi connectivity index (χ0v) is 14.7. The first-order valence-corrected chi connectivity index (χ1v) is 9.84. The lowest BCUT2D eigenvalue weighted by Gasteiger charge is -2.36. The molecule has 1 aliphatic heterocycles. The lowest BCUT2D eigenvalue weighted by atomic mass is 9.96. The summed E-state index contributed by atoms with van der Waals surface area (Å²) in [5, 5.41) is 0. The number of nitrogens with one attached hydrogen (secondary N) is 1. The van der Waals surface area contributed by atoms with Crippen molar-refractivity contribution in [1.82, 2.24) is 9.62 Å². The Hall–Kier alpha value is -0.910. The van der Waals surface area contributed by atoms with Crippen LogP contribution in [0.1, 0.15) is 38.3 Å². The van der Waals surface area contributed by atoms with Gasteiger partial charge >= 0.3 is 0 Å². The van der Waals surface area contributed by atoms with E-state index in [1.165, 1.54) is 11.1 Å². The summed E-state index contributed by atoms with van der Waals surface area (Å²) in [5.74, 6) is 0.692. The topological polar surface area (TPSA) is 49.4 Å². The van der Waals surface area contributed by atoms with Gasteiger partial charge in [-0.05, 0) is 36.8 Å². The van der Waals surface area contributed by atoms with Gasteiger partial charge in [0.15, 0.2) is 0 Å². The minimum absolute atomic E-state index is 0.143. The summed E-state index contributed by atoms with van der Waals surface area (Å²) in [6.45, 7) is 8.50. The zero-order valence-electron chi connectivity index (χ0n) is 13.9. The summed E-state index contributed by atoms with van der Waals surface area (Å²) >= 11 is 0. The van der Waals surface area contributed by atoms with Crippen LogP contribution in [0, 0.1) is 5.92 Å². The molecule has 124 valence electrons. The molecule has 1 aromatic rings. The molecule has 0 aliphatic carbocycles. The molecule has 2 rings (SSSR count). The van der Waals surface area contributed by atoms with Crippen LogP contribution in [0.15, 0.2) is 24.3 Å². The van der Waals surface area contributed by atoms with E-state index < -0.39 is 10.0 Å². The molecule has 0 saturated heterocycles. The average Bonchev–Trinajstić information content (AvgIpc) is 2.50. The fourth-order valence-corrected chi connectivity index (χ4v) is 3.71. The molecule has 0 fully saturated rings. The van der Waals surface area contributed by atoms with Crippen molar-refractivity contribution in [1.29, 1.82) is 0 Å². The quantitative estimate of drug-likeness (QED) is 0.838. The van der Waals surface area contributed by atoms with Gasteiger partial charge in [-0.25, -0.2) is 13.1 Å². The van der Waals surface area contributed by atoms with E-state index >= 15 is 0 Å². The van der Waals surface area contributed by atoms with Gasteiger partial charge in [-0.2, -0.15) is 0 Å². The van der Waals surface area contributed by atoms with E-state index in [2.05, 4.69) is 47.7 Å². The van der Waals surface area contributed by atoms with Crippen molar-refractivity contribution < 1.29 is 8.42 Å². The number of fused-ring (bicyclic) bond motifs is 1. The summed E-state index contributed by atoms with van der Waals surface area (Å²) in [5.41, 5.74) is 2.80. The highest BCUT2D eigenvalue weighted by atomic mass is 32.2. The number of benzene rings is 1. The summed E-state index contributed by atoms with van der Waals surface area (Å²) in [6.07, 6.45) is 2.06. The van der Waals surface area contributed by atoms with Gasteiger partial charge < -0.3 is 0 Å². The predicted octanol–water partition coefficient (Wildman–Crippen LogP) is 2.40. The third-order valence-electron chi connectivity index (χ3n) is 4.34. The number of sulfonamides is 1. The SMILES string of the molecule is CCS(=O)(=O)NCC(CC(C)C)N1CCc2ccccc2C1. The van der Waals surface area contributed by atoms with Crippen LogP contribution >= 0.6 is 0 Å². The molecule has 0 spiro atoms. The van der Waals surface area contributed by atoms with Crippen molar-refractivity contribution in [3.63, 3.8) is 0 Å². The summed E-state index contributed by atoms with van der Waals surface area (Å²) < 4.78 is 26.2. The minimum atomic E-state index is -3.13. The third kappa shape index (κ3) is 4.80. The molecular weight excluding hydrogens is 296 g/mol. The molecule has 1 heterocycles. The Morgan fingerprint density at radius 1 is 1.23 bits per heavy atom. The summed E-state index contributed by atoms with van der Waals surface area (Å²) in [6, 6.07) is 8.82. The maximum atomic E-state index is 11.7. The number of hydrogen-bond acceptors (Lipinski definition) is 3. The van der Waals surface area contributed by atoms with Crippen molar-refractivity contribution in [2.75, 3.05) is 18.8 Å². The molecule has 0 radical (unpaired) electrons. The van der Waals surface area contributed by atoms with E-state index in [1.54, 1.807) is 6.92 Å². The fraction of sp³-hybridized carbons (Fsp3) is 0.647. The van der Waals surface area contributed by atoms with E-state index in [4.69, 9.17) is 0 Å². The first-order valence-electron chi connectivity index (χ1n) is 8.19. The van der Waals surface area contributed by atoms with Crippen LogP contribution in [0.3, 0.4) is 0 Å². The molecule has 0 saturated carbocycles. The van der Waals surface area contributed by atoms with Gasteiger partial charge in [0.05, 0.1) is 5.75 Å². The second-order valence-corrected chi connectivity index (χ2v) is 8.62. The molecule has 22 heavy (non-hydrogen) atoms. The molecular formula is C17H28N2O2S. The van der Waals surface area contributed by atoms with Crippen molar-refractivity contribution in [3.8, 4) is 0 Å². The van der Waals surface area contributed by atoms with E-state index in [9.17, 15) is 8.42 Å². The van der Waals surface area contributed by atoms with E-state index in [0.29, 0.717) is 12.5 Å². The number of nitrogens with zero attached hydrogens (tertiary/aromatic N) is 1. The monoisotopic (exact) mass is 324 g/mol. The maximum absolute atomic E-state index is 11.7. The Balaban J connectivity index is 2.06. The fourth-order valence-electron chi connectivity index (χ4n) is 3.06. The van der Waals surface area contributed by atoms with E-state index in [0.717, 1.165) is 25.9 Å². The summed E-state index contributed by atoms with van der Waals surface area (Å²) in [7, 11) is -3.13. The highest BCUT2D eigenvalue weighted by molar-refractivity contribution is 7.89. The Morgan fingerprint density at radius 2 is 1.91 bits per heavy atom. The van der Waals surface area contributed by atoms with Crippen LogP contribution in [0.5, 0.6) is 0 Å². The van der Waals surface area contributed by atoms with Crippen LogP contribution in [0.2, 0.25) is 0 Å². The molecule has 4 nitrogen and oxygen atoms in total. The maximum Gasteiger partial charge on any atom is 0.211 e. The van der Waals surface area contributed by atoms with Gasteiger partial charge in [0.1, 0.15) is 0 Å². The molecule has 1 atom stereocenters.